The van der Waals surface area contributed by atoms with Gasteiger partial charge in [-0.1, -0.05) is 5.22 Å². The van der Waals surface area contributed by atoms with Crippen molar-refractivity contribution in [1.82, 2.24) is 0 Å². The standard InChI is InChI=1S/H3N11/c1-3-5-7-9-11-10-8-6-4-2/h(H3,1,2,5,6,9,10). The Balaban J connectivity index is 3.59. The second-order valence-corrected chi connectivity index (χ2v) is 0.842. The molecule has 58 valence electrons. The van der Waals surface area contributed by atoms with Gasteiger partial charge in [0, 0.05) is 0 Å². The summed E-state index contributed by atoms with van der Waals surface area (Å²) < 4.78 is 0. The lowest BCUT2D eigenvalue weighted by atomic mass is 12.4. The van der Waals surface area contributed by atoms with Gasteiger partial charge >= 0.3 is 0 Å². The predicted octanol–water partition coefficient (Wildman–Crippen LogP) is 1.36. The first-order valence-electron chi connectivity index (χ1n) is 2.08. The van der Waals surface area contributed by atoms with Crippen LogP contribution in [-0.4, -0.2) is 0 Å². The molecule has 3 N–H and O–H groups in total. The van der Waals surface area contributed by atoms with E-state index in [0.29, 0.717) is 0 Å². The van der Waals surface area contributed by atoms with Gasteiger partial charge in [-0.2, -0.15) is 5.53 Å². The summed E-state index contributed by atoms with van der Waals surface area (Å²) in [7, 11) is 0. The summed E-state index contributed by atoms with van der Waals surface area (Å²) in [5.41, 5.74) is 6.11. The number of rotatable bonds is 4. The lowest BCUT2D eigenvalue weighted by Crippen LogP contribution is -1.70. The molecule has 0 radical (unpaired) electrons. The summed E-state index contributed by atoms with van der Waals surface area (Å²) in [5.74, 6) is 4.54. The first-order valence-corrected chi connectivity index (χ1v) is 2.08. The maximum Gasteiger partial charge on any atom is -0.0000000231 e. The van der Waals surface area contributed by atoms with Crippen LogP contribution in [0, 0.1) is 5.53 Å². The summed E-state index contributed by atoms with van der Waals surface area (Å²) in [6, 6.07) is 0. The van der Waals surface area contributed by atoms with Crippen LogP contribution in [-0.2, 0) is 0 Å². The number of hydrogen-bond acceptors (Lipinski definition) is 2. The molecular weight excluding hydrogens is 154 g/mol. The first-order chi connectivity index (χ1) is 5.41. The average molecular weight is 157 g/mol. The van der Waals surface area contributed by atoms with Crippen LogP contribution in [0.15, 0.2) is 47.0 Å². The van der Waals surface area contributed by atoms with Gasteiger partial charge in [-0.15, -0.1) is 0 Å². The second-order valence-electron chi connectivity index (χ2n) is 0.842. The molecule has 0 atom stereocenters. The Hall–Kier alpha value is -2.20. The van der Waals surface area contributed by atoms with E-state index in [2.05, 4.69) is 52.9 Å². The fourth-order valence-corrected chi connectivity index (χ4v) is 0.133. The lowest BCUT2D eigenvalue weighted by Gasteiger charge is -1.66. The summed E-state index contributed by atoms with van der Waals surface area (Å²) in [6.07, 6.45) is 0. The van der Waals surface area contributed by atoms with Crippen LogP contribution in [0.3, 0.4) is 0 Å². The largest absolute Gasteiger partial charge is 0.303 e. The van der Waals surface area contributed by atoms with Crippen molar-refractivity contribution in [3.8, 4) is 0 Å². The SMILES string of the molecule is N=N\N=N/N=N\N=N/N=N\N. The summed E-state index contributed by atoms with van der Waals surface area (Å²) >= 11 is 0. The van der Waals surface area contributed by atoms with Crippen LogP contribution in [0.1, 0.15) is 0 Å². The van der Waals surface area contributed by atoms with Crippen molar-refractivity contribution in [2.75, 3.05) is 0 Å². The highest BCUT2D eigenvalue weighted by atomic mass is 15.7. The van der Waals surface area contributed by atoms with E-state index < -0.39 is 0 Å². The van der Waals surface area contributed by atoms with E-state index in [9.17, 15) is 0 Å². The normalized spacial score (nSPS) is 12.7. The second kappa shape index (κ2) is 7.80. The predicted molar refractivity (Wildman–Crippen MR) is 28.8 cm³/mol. The van der Waals surface area contributed by atoms with Gasteiger partial charge < -0.3 is 5.84 Å². The first kappa shape index (κ1) is 8.80. The van der Waals surface area contributed by atoms with E-state index in [-0.39, 0.29) is 0 Å². The molecule has 0 spiro atoms. The van der Waals surface area contributed by atoms with Crippen molar-refractivity contribution in [3.63, 3.8) is 0 Å². The van der Waals surface area contributed by atoms with Crippen LogP contribution >= 0.6 is 0 Å². The molecule has 0 fully saturated rings. The molecule has 0 unspecified atom stereocenters. The molecule has 0 aromatic heterocycles. The van der Waals surface area contributed by atoms with E-state index in [4.69, 9.17) is 5.53 Å². The van der Waals surface area contributed by atoms with Gasteiger partial charge in [0.15, 0.2) is 0 Å². The molecule has 0 aromatic carbocycles. The highest BCUT2D eigenvalue weighted by molar-refractivity contribution is 4.08. The molecule has 11 heteroatoms. The summed E-state index contributed by atoms with van der Waals surface area (Å²) in [6.45, 7) is 0. The molecule has 0 aliphatic heterocycles. The van der Waals surface area contributed by atoms with Crippen molar-refractivity contribution in [2.45, 2.75) is 0 Å². The van der Waals surface area contributed by atoms with Crippen LogP contribution in [0.5, 0.6) is 0 Å². The van der Waals surface area contributed by atoms with Crippen molar-refractivity contribution >= 4 is 0 Å². The Morgan fingerprint density at radius 3 is 1.64 bits per heavy atom. The van der Waals surface area contributed by atoms with Gasteiger partial charge in [0.2, 0.25) is 0 Å². The van der Waals surface area contributed by atoms with E-state index in [0.717, 1.165) is 0 Å². The fraction of sp³-hybridized carbons (Fsp3) is 0. The number of nitrogens with zero attached hydrogens (tertiary/aromatic N) is 9. The smallest absolute Gasteiger partial charge is 0.0000000231 e. The zero-order chi connectivity index (χ0) is 8.36. The van der Waals surface area contributed by atoms with Gasteiger partial charge in [0.05, 0.1) is 0 Å². The van der Waals surface area contributed by atoms with E-state index in [1.54, 1.807) is 0 Å². The lowest BCUT2D eigenvalue weighted by molar-refractivity contribution is 0.764. The third-order valence-electron chi connectivity index (χ3n) is 0.336. The average Bonchev–Trinajstić information content (AvgIpc) is 2.03. The molecule has 0 aromatic rings. The van der Waals surface area contributed by atoms with Crippen molar-refractivity contribution in [1.29, 1.82) is 5.53 Å². The van der Waals surface area contributed by atoms with Gasteiger partial charge in [-0.25, -0.2) is 0 Å². The molecule has 0 rings (SSSR count). The Morgan fingerprint density at radius 1 is 0.727 bits per heavy atom. The van der Waals surface area contributed by atoms with E-state index in [1.807, 2.05) is 0 Å². The monoisotopic (exact) mass is 157 g/mol. The molecular formula is H3N11. The molecule has 0 saturated heterocycles. The maximum absolute atomic E-state index is 6.11. The zero-order valence-electron chi connectivity index (χ0n) is 5.10. The Labute approximate surface area is 59.6 Å². The van der Waals surface area contributed by atoms with Crippen LogP contribution in [0.25, 0.3) is 0 Å². The fourth-order valence-electron chi connectivity index (χ4n) is 0.133. The van der Waals surface area contributed by atoms with Crippen molar-refractivity contribution < 1.29 is 0 Å². The highest BCUT2D eigenvalue weighted by Crippen LogP contribution is 1.83. The number of nitrogens with one attached hydrogen (secondary N) is 1. The molecule has 0 aliphatic rings. The van der Waals surface area contributed by atoms with E-state index in [1.165, 1.54) is 0 Å². The minimum atomic E-state index is 2.49. The van der Waals surface area contributed by atoms with Gasteiger partial charge in [0.25, 0.3) is 0 Å². The van der Waals surface area contributed by atoms with E-state index >= 15 is 0 Å². The highest BCUT2D eigenvalue weighted by Gasteiger charge is 1.65. The van der Waals surface area contributed by atoms with Gasteiger partial charge in [-0.05, 0) is 41.8 Å². The third kappa shape index (κ3) is 7.80. The van der Waals surface area contributed by atoms with Crippen LogP contribution in [0.2, 0.25) is 0 Å². The van der Waals surface area contributed by atoms with Crippen LogP contribution < -0.4 is 5.84 Å². The van der Waals surface area contributed by atoms with Crippen LogP contribution in [0.4, 0.5) is 0 Å². The Morgan fingerprint density at radius 2 is 1.18 bits per heavy atom. The molecule has 0 heterocycles. The van der Waals surface area contributed by atoms with Crippen molar-refractivity contribution in [2.24, 2.45) is 52.9 Å². The molecule has 11 heavy (non-hydrogen) atoms. The third-order valence-corrected chi connectivity index (χ3v) is 0.336. The number of nitrogens with two attached hydrogens (primary N) is 1. The summed E-state index contributed by atoms with van der Waals surface area (Å²) in [5, 5.41) is 25.4. The quantitative estimate of drug-likeness (QED) is 0.351. The minimum absolute atomic E-state index is 2.49. The summed E-state index contributed by atoms with van der Waals surface area (Å²) in [4.78, 5) is 0. The maximum atomic E-state index is 6.11. The minimum Gasteiger partial charge on any atom is -0.303 e. The Kier molecular flexibility index (Phi) is 6.24. The molecule has 11 nitrogen and oxygen atoms in total. The van der Waals surface area contributed by atoms with Gasteiger partial charge in [0.1, 0.15) is 0 Å². The Bertz CT molecular complexity index is 190. The molecule has 0 amide bonds. The zero-order valence-corrected chi connectivity index (χ0v) is 5.10. The molecule has 0 bridgehead atoms. The number of hydrogen-bond donors (Lipinski definition) is 2. The molecule has 0 saturated carbocycles. The molecule has 0 aliphatic carbocycles. The topological polar surface area (TPSA) is 161 Å². The van der Waals surface area contributed by atoms with Gasteiger partial charge in [-0.3, -0.25) is 0 Å². The van der Waals surface area contributed by atoms with Crippen molar-refractivity contribution in [3.05, 3.63) is 0 Å².